The molecule has 0 radical (unpaired) electrons. The van der Waals surface area contributed by atoms with E-state index < -0.39 is 10.8 Å². The van der Waals surface area contributed by atoms with Crippen LogP contribution in [-0.2, 0) is 14.3 Å². The number of carbonyl (C=O) groups excluding carboxylic acids is 2. The molecule has 4 heteroatoms. The van der Waals surface area contributed by atoms with Crippen LogP contribution in [0.2, 0.25) is 0 Å². The van der Waals surface area contributed by atoms with E-state index in [2.05, 4.69) is 5.32 Å². The van der Waals surface area contributed by atoms with Crippen LogP contribution in [0.5, 0.6) is 0 Å². The van der Waals surface area contributed by atoms with Crippen LogP contribution in [0.25, 0.3) is 0 Å². The number of fused-ring (bicyclic) bond motifs is 1. The summed E-state index contributed by atoms with van der Waals surface area (Å²) >= 11 is 0. The average Bonchev–Trinajstić information content (AvgIpc) is 3.09. The first-order valence-electron chi connectivity index (χ1n) is 5.82. The molecule has 2 fully saturated rings. The lowest BCUT2D eigenvalue weighted by Gasteiger charge is -2.40. The zero-order chi connectivity index (χ0) is 11.4. The fraction of sp³-hybridized carbons (Fsp3) is 0.667. The molecule has 16 heavy (non-hydrogen) atoms. The van der Waals surface area contributed by atoms with Gasteiger partial charge in [0.2, 0.25) is 11.8 Å². The van der Waals surface area contributed by atoms with Crippen molar-refractivity contribution in [3.05, 3.63) is 12.2 Å². The van der Waals surface area contributed by atoms with Crippen LogP contribution in [0.3, 0.4) is 0 Å². The first kappa shape index (κ1) is 10.0. The van der Waals surface area contributed by atoms with Crippen LogP contribution in [0, 0.1) is 10.8 Å². The molecule has 3 rings (SSSR count). The molecule has 3 aliphatic rings. The SMILES string of the molecule is CCC12C=CCCC1(C1CO1)C(=O)NC2=O. The predicted octanol–water partition coefficient (Wildman–Crippen LogP) is 0.774. The maximum atomic E-state index is 12.1. The summed E-state index contributed by atoms with van der Waals surface area (Å²) in [6, 6.07) is 0. The van der Waals surface area contributed by atoms with Crippen molar-refractivity contribution >= 4 is 11.8 Å². The van der Waals surface area contributed by atoms with Crippen molar-refractivity contribution in [1.29, 1.82) is 0 Å². The number of allylic oxidation sites excluding steroid dienone is 1. The van der Waals surface area contributed by atoms with E-state index in [1.54, 1.807) is 0 Å². The summed E-state index contributed by atoms with van der Waals surface area (Å²) in [7, 11) is 0. The number of imide groups is 1. The minimum Gasteiger partial charge on any atom is -0.372 e. The quantitative estimate of drug-likeness (QED) is 0.426. The Morgan fingerprint density at radius 2 is 2.25 bits per heavy atom. The molecule has 0 saturated carbocycles. The van der Waals surface area contributed by atoms with Gasteiger partial charge >= 0.3 is 0 Å². The van der Waals surface area contributed by atoms with E-state index in [0.717, 1.165) is 12.8 Å². The van der Waals surface area contributed by atoms with Crippen molar-refractivity contribution in [3.63, 3.8) is 0 Å². The standard InChI is InChI=1S/C12H15NO3/c1-2-11-5-3-4-6-12(11,8-7-16-8)10(15)13-9(11)14/h3,5,8H,2,4,6-7H2,1H3,(H,13,14,15). The van der Waals surface area contributed by atoms with Gasteiger partial charge in [-0.25, -0.2) is 0 Å². The number of ether oxygens (including phenoxy) is 1. The summed E-state index contributed by atoms with van der Waals surface area (Å²) in [5.74, 6) is -0.280. The Bertz CT molecular complexity index is 399. The van der Waals surface area contributed by atoms with Crippen LogP contribution in [0.15, 0.2) is 12.2 Å². The molecule has 86 valence electrons. The third-order valence-electron chi connectivity index (χ3n) is 4.38. The Balaban J connectivity index is 2.19. The molecule has 1 N–H and O–H groups in total. The van der Waals surface area contributed by atoms with Crippen molar-refractivity contribution < 1.29 is 14.3 Å². The topological polar surface area (TPSA) is 58.7 Å². The Hall–Kier alpha value is -1.16. The smallest absolute Gasteiger partial charge is 0.237 e. The Morgan fingerprint density at radius 1 is 1.50 bits per heavy atom. The third-order valence-corrected chi connectivity index (χ3v) is 4.38. The van der Waals surface area contributed by atoms with Crippen LogP contribution in [0.1, 0.15) is 26.2 Å². The number of hydrogen-bond donors (Lipinski definition) is 1. The highest BCUT2D eigenvalue weighted by atomic mass is 16.6. The van der Waals surface area contributed by atoms with Gasteiger partial charge in [0.15, 0.2) is 0 Å². The van der Waals surface area contributed by atoms with Crippen LogP contribution >= 0.6 is 0 Å². The molecule has 0 aromatic heterocycles. The zero-order valence-corrected chi connectivity index (χ0v) is 9.29. The van der Waals surface area contributed by atoms with Crippen LogP contribution in [0.4, 0.5) is 0 Å². The minimum atomic E-state index is -0.663. The molecule has 0 spiro atoms. The van der Waals surface area contributed by atoms with Gasteiger partial charge in [-0.2, -0.15) is 0 Å². The van der Waals surface area contributed by atoms with Crippen molar-refractivity contribution in [3.8, 4) is 0 Å². The van der Waals surface area contributed by atoms with E-state index in [0.29, 0.717) is 13.0 Å². The van der Waals surface area contributed by atoms with E-state index in [9.17, 15) is 9.59 Å². The molecule has 4 nitrogen and oxygen atoms in total. The molecule has 2 saturated heterocycles. The van der Waals surface area contributed by atoms with Crippen LogP contribution < -0.4 is 5.32 Å². The fourth-order valence-corrected chi connectivity index (χ4v) is 3.41. The van der Waals surface area contributed by atoms with Gasteiger partial charge in [-0.15, -0.1) is 0 Å². The monoisotopic (exact) mass is 221 g/mol. The molecular formula is C12H15NO3. The number of rotatable bonds is 2. The molecule has 0 aromatic carbocycles. The predicted molar refractivity (Wildman–Crippen MR) is 56.4 cm³/mol. The van der Waals surface area contributed by atoms with Crippen molar-refractivity contribution in [2.24, 2.45) is 10.8 Å². The molecule has 2 amide bonds. The maximum Gasteiger partial charge on any atom is 0.237 e. The molecule has 0 bridgehead atoms. The second-order valence-corrected chi connectivity index (χ2v) is 4.84. The highest BCUT2D eigenvalue weighted by molar-refractivity contribution is 6.11. The maximum absolute atomic E-state index is 12.1. The largest absolute Gasteiger partial charge is 0.372 e. The highest BCUT2D eigenvalue weighted by Gasteiger charge is 2.70. The van der Waals surface area contributed by atoms with Gasteiger partial charge in [0.25, 0.3) is 0 Å². The molecule has 2 heterocycles. The van der Waals surface area contributed by atoms with Gasteiger partial charge in [-0.1, -0.05) is 19.1 Å². The summed E-state index contributed by atoms with van der Waals surface area (Å²) in [4.78, 5) is 24.2. The number of amides is 2. The lowest BCUT2D eigenvalue weighted by Crippen LogP contribution is -2.48. The summed E-state index contributed by atoms with van der Waals surface area (Å²) in [5, 5.41) is 2.50. The van der Waals surface area contributed by atoms with Gasteiger partial charge in [-0.05, 0) is 19.3 Å². The van der Waals surface area contributed by atoms with E-state index in [1.165, 1.54) is 0 Å². The summed E-state index contributed by atoms with van der Waals surface area (Å²) < 4.78 is 5.35. The van der Waals surface area contributed by atoms with Crippen molar-refractivity contribution in [1.82, 2.24) is 5.32 Å². The van der Waals surface area contributed by atoms with Crippen molar-refractivity contribution in [2.75, 3.05) is 6.61 Å². The normalized spacial score (nSPS) is 45.4. The number of hydrogen-bond acceptors (Lipinski definition) is 3. The zero-order valence-electron chi connectivity index (χ0n) is 9.29. The summed E-state index contributed by atoms with van der Waals surface area (Å²) in [5.41, 5.74) is -1.29. The van der Waals surface area contributed by atoms with Gasteiger partial charge in [-0.3, -0.25) is 14.9 Å². The molecular weight excluding hydrogens is 206 g/mol. The minimum absolute atomic E-state index is 0.0659. The second kappa shape index (κ2) is 2.94. The van der Waals surface area contributed by atoms with Crippen LogP contribution in [-0.4, -0.2) is 24.5 Å². The number of carbonyl (C=O) groups is 2. The highest BCUT2D eigenvalue weighted by Crippen LogP contribution is 2.58. The van der Waals surface area contributed by atoms with Gasteiger partial charge < -0.3 is 4.74 Å². The molecule has 2 aliphatic heterocycles. The van der Waals surface area contributed by atoms with E-state index in [4.69, 9.17) is 4.74 Å². The van der Waals surface area contributed by atoms with E-state index in [1.807, 2.05) is 19.1 Å². The van der Waals surface area contributed by atoms with Gasteiger partial charge in [0.05, 0.1) is 23.5 Å². The molecule has 3 unspecified atom stereocenters. The fourth-order valence-electron chi connectivity index (χ4n) is 3.41. The Labute approximate surface area is 94.0 Å². The molecule has 3 atom stereocenters. The molecule has 0 aromatic rings. The number of epoxide rings is 1. The first-order valence-corrected chi connectivity index (χ1v) is 5.82. The number of nitrogens with one attached hydrogen (secondary N) is 1. The lowest BCUT2D eigenvalue weighted by molar-refractivity contribution is -0.134. The second-order valence-electron chi connectivity index (χ2n) is 4.84. The van der Waals surface area contributed by atoms with E-state index >= 15 is 0 Å². The Kier molecular flexibility index (Phi) is 1.84. The van der Waals surface area contributed by atoms with E-state index in [-0.39, 0.29) is 17.9 Å². The third kappa shape index (κ3) is 0.895. The Morgan fingerprint density at radius 3 is 2.88 bits per heavy atom. The lowest BCUT2D eigenvalue weighted by atomic mass is 9.57. The average molecular weight is 221 g/mol. The van der Waals surface area contributed by atoms with Crippen molar-refractivity contribution in [2.45, 2.75) is 32.3 Å². The van der Waals surface area contributed by atoms with Gasteiger partial charge in [0, 0.05) is 0 Å². The molecule has 1 aliphatic carbocycles. The first-order chi connectivity index (χ1) is 7.67. The van der Waals surface area contributed by atoms with Gasteiger partial charge in [0.1, 0.15) is 0 Å². The summed E-state index contributed by atoms with van der Waals surface area (Å²) in [6.45, 7) is 2.57. The summed E-state index contributed by atoms with van der Waals surface area (Å²) in [6.07, 6.45) is 6.10.